The van der Waals surface area contributed by atoms with Crippen molar-refractivity contribution in [3.63, 3.8) is 0 Å². The van der Waals surface area contributed by atoms with Crippen LogP contribution in [0.2, 0.25) is 0 Å². The minimum atomic E-state index is -0.341. The van der Waals surface area contributed by atoms with Crippen molar-refractivity contribution in [2.45, 2.75) is 6.92 Å². The van der Waals surface area contributed by atoms with Crippen LogP contribution in [0.3, 0.4) is 0 Å². The maximum Gasteiger partial charge on any atom is 0.264 e. The second kappa shape index (κ2) is 9.80. The van der Waals surface area contributed by atoms with E-state index in [1.54, 1.807) is 24.3 Å². The number of ether oxygens (including phenoxy) is 2. The van der Waals surface area contributed by atoms with E-state index in [0.717, 1.165) is 9.13 Å². The van der Waals surface area contributed by atoms with E-state index in [2.05, 4.69) is 38.8 Å². The molecule has 0 spiro atoms. The summed E-state index contributed by atoms with van der Waals surface area (Å²) in [7, 11) is 0. The topological polar surface area (TPSA) is 59.9 Å². The van der Waals surface area contributed by atoms with Gasteiger partial charge in [-0.15, -0.1) is 6.42 Å². The van der Waals surface area contributed by atoms with Crippen LogP contribution in [0.5, 0.6) is 11.5 Å². The molecule has 0 atom stereocenters. The van der Waals surface area contributed by atoms with Crippen molar-refractivity contribution in [3.8, 4) is 23.8 Å². The number of amides is 1. The molecule has 29 heavy (non-hydrogen) atoms. The zero-order valence-electron chi connectivity index (χ0n) is 15.4. The van der Waals surface area contributed by atoms with Gasteiger partial charge in [0.1, 0.15) is 12.4 Å². The lowest BCUT2D eigenvalue weighted by Gasteiger charge is -2.13. The number of hydrogen-bond donors (Lipinski definition) is 1. The van der Waals surface area contributed by atoms with Gasteiger partial charge in [0.05, 0.1) is 20.8 Å². The lowest BCUT2D eigenvalue weighted by Crippen LogP contribution is -2.19. The summed E-state index contributed by atoms with van der Waals surface area (Å²) in [5.41, 5.74) is 1.34. The number of carbonyl (C=O) groups excluding carboxylic acids is 1. The van der Waals surface area contributed by atoms with Crippen molar-refractivity contribution in [3.05, 3.63) is 56.3 Å². The summed E-state index contributed by atoms with van der Waals surface area (Å²) in [6.07, 6.45) is 7.03. The van der Waals surface area contributed by atoms with Crippen LogP contribution in [0.4, 0.5) is 10.1 Å². The molecule has 0 saturated carbocycles. The molecule has 0 radical (unpaired) electrons. The van der Waals surface area contributed by atoms with Gasteiger partial charge >= 0.3 is 0 Å². The molecule has 148 valence electrons. The van der Waals surface area contributed by atoms with Crippen LogP contribution < -0.4 is 14.8 Å². The Morgan fingerprint density at radius 1 is 1.31 bits per heavy atom. The van der Waals surface area contributed by atoms with E-state index in [-0.39, 0.29) is 18.3 Å². The molecule has 1 fully saturated rings. The lowest BCUT2D eigenvalue weighted by molar-refractivity contribution is -0.115. The fourth-order valence-electron chi connectivity index (χ4n) is 2.45. The minimum absolute atomic E-state index is 0.137. The second-order valence-electron chi connectivity index (χ2n) is 5.71. The summed E-state index contributed by atoms with van der Waals surface area (Å²) in [6.45, 7) is 2.48. The van der Waals surface area contributed by atoms with Gasteiger partial charge in [0.25, 0.3) is 5.91 Å². The van der Waals surface area contributed by atoms with Crippen LogP contribution >= 0.6 is 34.4 Å². The van der Waals surface area contributed by atoms with Crippen LogP contribution in [0.15, 0.2) is 46.3 Å². The second-order valence-corrected chi connectivity index (χ2v) is 7.91. The summed E-state index contributed by atoms with van der Waals surface area (Å²) in [5, 5.41) is 3.14. The molecule has 1 aliphatic heterocycles. The van der Waals surface area contributed by atoms with Crippen molar-refractivity contribution >= 4 is 57.2 Å². The summed E-state index contributed by atoms with van der Waals surface area (Å²) in [4.78, 5) is 17.1. The normalized spacial score (nSPS) is 16.0. The number of rotatable bonds is 6. The summed E-state index contributed by atoms with van der Waals surface area (Å²) in [6, 6.07) is 9.40. The number of amidine groups is 1. The van der Waals surface area contributed by atoms with Gasteiger partial charge in [0.2, 0.25) is 0 Å². The molecular formula is C21H16FIN2O3S. The third-order valence-corrected chi connectivity index (χ3v) is 5.35. The number of nitrogens with one attached hydrogen (secondary N) is 1. The maximum atomic E-state index is 13.0. The van der Waals surface area contributed by atoms with Crippen LogP contribution in [-0.2, 0) is 4.79 Å². The van der Waals surface area contributed by atoms with Crippen molar-refractivity contribution in [1.29, 1.82) is 0 Å². The van der Waals surface area contributed by atoms with Crippen LogP contribution in [0.1, 0.15) is 12.5 Å². The molecular weight excluding hydrogens is 506 g/mol. The van der Waals surface area contributed by atoms with Gasteiger partial charge < -0.3 is 14.8 Å². The number of hydrogen-bond acceptors (Lipinski definition) is 5. The van der Waals surface area contributed by atoms with Gasteiger partial charge in [-0.25, -0.2) is 9.38 Å². The monoisotopic (exact) mass is 522 g/mol. The van der Waals surface area contributed by atoms with Gasteiger partial charge in [-0.05, 0) is 89.3 Å². The van der Waals surface area contributed by atoms with Gasteiger partial charge in [0.15, 0.2) is 16.7 Å². The first-order chi connectivity index (χ1) is 14.0. The highest BCUT2D eigenvalue weighted by Crippen LogP contribution is 2.36. The van der Waals surface area contributed by atoms with Crippen LogP contribution in [0.25, 0.3) is 6.08 Å². The van der Waals surface area contributed by atoms with Gasteiger partial charge in [-0.1, -0.05) is 5.92 Å². The van der Waals surface area contributed by atoms with E-state index in [9.17, 15) is 9.18 Å². The summed E-state index contributed by atoms with van der Waals surface area (Å²) in [5.74, 6) is 2.98. The standard InChI is InChI=1S/C21H16FIN2O3S/c1-3-9-28-19-16(23)10-13(11-17(19)27-4-2)12-18-20(26)25-21(29-18)24-15-7-5-14(22)6-8-15/h1,5-8,10-12H,4,9H2,2H3,(H,24,25,26)/b18-12+. The number of nitrogens with zero attached hydrogens (tertiary/aromatic N) is 1. The molecule has 1 N–H and O–H groups in total. The number of benzene rings is 2. The highest BCUT2D eigenvalue weighted by molar-refractivity contribution is 14.1. The number of halogens is 2. The Morgan fingerprint density at radius 2 is 2.07 bits per heavy atom. The Morgan fingerprint density at radius 3 is 2.76 bits per heavy atom. The van der Waals surface area contributed by atoms with E-state index < -0.39 is 0 Å². The minimum Gasteiger partial charge on any atom is -0.490 e. The first kappa shape index (κ1) is 21.2. The third-order valence-electron chi connectivity index (χ3n) is 3.64. The third kappa shape index (κ3) is 5.52. The predicted molar refractivity (Wildman–Crippen MR) is 122 cm³/mol. The Labute approximate surface area is 185 Å². The fourth-order valence-corrected chi connectivity index (χ4v) is 4.08. The average molecular weight is 522 g/mol. The first-order valence-electron chi connectivity index (χ1n) is 8.58. The van der Waals surface area contributed by atoms with Gasteiger partial charge in [0, 0.05) is 0 Å². The predicted octanol–water partition coefficient (Wildman–Crippen LogP) is 4.73. The molecule has 1 heterocycles. The quantitative estimate of drug-likeness (QED) is 0.339. The maximum absolute atomic E-state index is 13.0. The first-order valence-corrected chi connectivity index (χ1v) is 10.5. The zero-order chi connectivity index (χ0) is 20.8. The zero-order valence-corrected chi connectivity index (χ0v) is 18.3. The molecule has 1 saturated heterocycles. The molecule has 1 amide bonds. The average Bonchev–Trinajstić information content (AvgIpc) is 3.02. The molecule has 2 aromatic rings. The van der Waals surface area contributed by atoms with Crippen molar-refractivity contribution < 1.29 is 18.7 Å². The molecule has 8 heteroatoms. The van der Waals surface area contributed by atoms with Gasteiger partial charge in [-0.3, -0.25) is 4.79 Å². The summed E-state index contributed by atoms with van der Waals surface area (Å²) < 4.78 is 25.1. The Kier molecular flexibility index (Phi) is 7.17. The fraction of sp³-hybridized carbons (Fsp3) is 0.143. The Balaban J connectivity index is 1.86. The smallest absolute Gasteiger partial charge is 0.264 e. The molecule has 0 aromatic heterocycles. The van der Waals surface area contributed by atoms with Crippen molar-refractivity contribution in [2.24, 2.45) is 4.99 Å². The summed E-state index contributed by atoms with van der Waals surface area (Å²) >= 11 is 3.35. The molecule has 5 nitrogen and oxygen atoms in total. The molecule has 0 aliphatic carbocycles. The molecule has 3 rings (SSSR count). The highest BCUT2D eigenvalue weighted by atomic mass is 127. The lowest BCUT2D eigenvalue weighted by atomic mass is 10.2. The van der Waals surface area contributed by atoms with Crippen LogP contribution in [0, 0.1) is 21.7 Å². The molecule has 2 aromatic carbocycles. The van der Waals surface area contributed by atoms with Crippen molar-refractivity contribution in [2.75, 3.05) is 13.2 Å². The molecule has 0 bridgehead atoms. The van der Waals surface area contributed by atoms with E-state index in [1.165, 1.54) is 23.9 Å². The number of carbonyl (C=O) groups is 1. The number of terminal acetylenes is 1. The Hall–Kier alpha value is -2.51. The van der Waals surface area contributed by atoms with E-state index in [4.69, 9.17) is 15.9 Å². The van der Waals surface area contributed by atoms with Crippen molar-refractivity contribution in [1.82, 2.24) is 5.32 Å². The van der Waals surface area contributed by atoms with E-state index in [1.807, 2.05) is 13.0 Å². The molecule has 1 aliphatic rings. The van der Waals surface area contributed by atoms with E-state index in [0.29, 0.717) is 33.9 Å². The largest absolute Gasteiger partial charge is 0.490 e. The van der Waals surface area contributed by atoms with Gasteiger partial charge in [-0.2, -0.15) is 0 Å². The molecule has 0 unspecified atom stereocenters. The Bertz CT molecular complexity index is 1030. The van der Waals surface area contributed by atoms with Crippen LogP contribution in [-0.4, -0.2) is 24.3 Å². The highest BCUT2D eigenvalue weighted by Gasteiger charge is 2.24. The number of aliphatic imine (C=N–C) groups is 1. The van der Waals surface area contributed by atoms with E-state index >= 15 is 0 Å². The number of thioether (sulfide) groups is 1. The SMILES string of the molecule is C#CCOc1c(I)cc(/C=C2/SC(=Nc3ccc(F)cc3)NC2=O)cc1OCC.